The summed E-state index contributed by atoms with van der Waals surface area (Å²) in [6.45, 7) is 0.454. The van der Waals surface area contributed by atoms with Crippen molar-refractivity contribution < 1.29 is 18.3 Å². The van der Waals surface area contributed by atoms with E-state index < -0.39 is 16.2 Å². The van der Waals surface area contributed by atoms with Crippen LogP contribution in [0.4, 0.5) is 0 Å². The molecular weight excluding hydrogens is 356 g/mol. The van der Waals surface area contributed by atoms with Crippen molar-refractivity contribution >= 4 is 16.2 Å². The van der Waals surface area contributed by atoms with Crippen LogP contribution in [0.1, 0.15) is 34.9 Å². The summed E-state index contributed by atoms with van der Waals surface area (Å²) in [5.74, 6) is -1.01. The van der Waals surface area contributed by atoms with Gasteiger partial charge in [0.25, 0.3) is 10.2 Å². The maximum Gasteiger partial charge on any atom is 0.335 e. The third-order valence-corrected chi connectivity index (χ3v) is 6.33. The second-order valence-corrected chi connectivity index (χ2v) is 8.37. The van der Waals surface area contributed by atoms with Crippen LogP contribution in [0.2, 0.25) is 0 Å². The van der Waals surface area contributed by atoms with E-state index in [2.05, 4.69) is 9.97 Å². The highest BCUT2D eigenvalue weighted by molar-refractivity contribution is 7.86. The van der Waals surface area contributed by atoms with Crippen molar-refractivity contribution in [3.63, 3.8) is 0 Å². The average molecular weight is 376 g/mol. The minimum Gasteiger partial charge on any atom is -0.478 e. The Morgan fingerprint density at radius 2 is 2.04 bits per heavy atom. The Labute approximate surface area is 152 Å². The van der Waals surface area contributed by atoms with Crippen molar-refractivity contribution in [2.24, 2.45) is 0 Å². The number of benzene rings is 1. The van der Waals surface area contributed by atoms with E-state index >= 15 is 0 Å². The minimum absolute atomic E-state index is 0.174. The van der Waals surface area contributed by atoms with Gasteiger partial charge >= 0.3 is 5.97 Å². The summed E-state index contributed by atoms with van der Waals surface area (Å²) in [6.07, 6.45) is 4.57. The van der Waals surface area contributed by atoms with Gasteiger partial charge in [-0.1, -0.05) is 12.1 Å². The zero-order valence-electron chi connectivity index (χ0n) is 14.5. The van der Waals surface area contributed by atoms with Crippen LogP contribution in [0.3, 0.4) is 0 Å². The highest BCUT2D eigenvalue weighted by Gasteiger charge is 2.37. The lowest BCUT2D eigenvalue weighted by molar-refractivity contribution is 0.0697. The van der Waals surface area contributed by atoms with Crippen LogP contribution >= 0.6 is 0 Å². The molecule has 0 spiro atoms. The van der Waals surface area contributed by atoms with Gasteiger partial charge in [-0.2, -0.15) is 17.0 Å². The first-order valence-corrected chi connectivity index (χ1v) is 9.55. The summed E-state index contributed by atoms with van der Waals surface area (Å²) < 4.78 is 27.6. The van der Waals surface area contributed by atoms with E-state index in [0.717, 1.165) is 6.42 Å². The fourth-order valence-electron chi connectivity index (χ4n) is 2.99. The van der Waals surface area contributed by atoms with Gasteiger partial charge in [0, 0.05) is 26.2 Å². The Morgan fingerprint density at radius 3 is 2.65 bits per heavy atom. The van der Waals surface area contributed by atoms with E-state index in [0.29, 0.717) is 29.9 Å². The lowest BCUT2D eigenvalue weighted by atomic mass is 10.1. The molecule has 1 aliphatic heterocycles. The van der Waals surface area contributed by atoms with Crippen LogP contribution in [0, 0.1) is 0 Å². The van der Waals surface area contributed by atoms with E-state index in [1.54, 1.807) is 24.5 Å². The molecule has 9 heteroatoms. The molecule has 0 saturated carbocycles. The quantitative estimate of drug-likeness (QED) is 0.853. The maximum absolute atomic E-state index is 12.5. The molecule has 0 bridgehead atoms. The van der Waals surface area contributed by atoms with E-state index in [1.807, 2.05) is 0 Å². The Bertz CT molecular complexity index is 913. The summed E-state index contributed by atoms with van der Waals surface area (Å²) >= 11 is 0. The van der Waals surface area contributed by atoms with Crippen molar-refractivity contribution in [3.8, 4) is 11.3 Å². The molecule has 0 aliphatic carbocycles. The van der Waals surface area contributed by atoms with Crippen LogP contribution in [0.25, 0.3) is 11.3 Å². The molecule has 1 aromatic heterocycles. The molecule has 8 nitrogen and oxygen atoms in total. The Balaban J connectivity index is 1.88. The van der Waals surface area contributed by atoms with Gasteiger partial charge in [-0.15, -0.1) is 0 Å². The minimum atomic E-state index is -3.52. The number of hydrogen-bond acceptors (Lipinski definition) is 5. The molecule has 3 rings (SSSR count). The number of aromatic nitrogens is 2. The van der Waals surface area contributed by atoms with Gasteiger partial charge in [-0.05, 0) is 25.0 Å². The summed E-state index contributed by atoms with van der Waals surface area (Å²) in [7, 11) is -0.500. The first-order valence-electron chi connectivity index (χ1n) is 8.15. The molecule has 1 fully saturated rings. The van der Waals surface area contributed by atoms with Gasteiger partial charge < -0.3 is 5.11 Å². The topological polar surface area (TPSA) is 104 Å². The monoisotopic (exact) mass is 376 g/mol. The van der Waals surface area contributed by atoms with Crippen molar-refractivity contribution in [2.75, 3.05) is 20.6 Å². The SMILES string of the molecule is CN(C)S(=O)(=O)N1CCC[C@@H]1c1cnc(-c2cccc(C(=O)O)c2)cn1. The maximum atomic E-state index is 12.5. The van der Waals surface area contributed by atoms with Gasteiger partial charge in [0.05, 0.1) is 35.4 Å². The molecule has 1 N–H and O–H groups in total. The lowest BCUT2D eigenvalue weighted by Gasteiger charge is -2.26. The second-order valence-electron chi connectivity index (χ2n) is 6.27. The Hall–Kier alpha value is -2.36. The van der Waals surface area contributed by atoms with Crippen LogP contribution < -0.4 is 0 Å². The second kappa shape index (κ2) is 7.10. The number of nitrogens with zero attached hydrogens (tertiary/aromatic N) is 4. The highest BCUT2D eigenvalue weighted by Crippen LogP contribution is 2.33. The Morgan fingerprint density at radius 1 is 1.27 bits per heavy atom. The number of rotatable bonds is 5. The molecule has 1 atom stereocenters. The summed E-state index contributed by atoms with van der Waals surface area (Å²) in [6, 6.07) is 6.11. The van der Waals surface area contributed by atoms with E-state index in [4.69, 9.17) is 5.11 Å². The molecular formula is C17H20N4O4S. The smallest absolute Gasteiger partial charge is 0.335 e. The molecule has 0 unspecified atom stereocenters. The number of hydrogen-bond donors (Lipinski definition) is 1. The summed E-state index contributed by atoms with van der Waals surface area (Å²) in [5.41, 5.74) is 1.95. The molecule has 0 amide bonds. The molecule has 138 valence electrons. The fraction of sp³-hybridized carbons (Fsp3) is 0.353. The van der Waals surface area contributed by atoms with Crippen molar-refractivity contribution in [2.45, 2.75) is 18.9 Å². The Kier molecular flexibility index (Phi) is 5.03. The zero-order valence-corrected chi connectivity index (χ0v) is 15.3. The van der Waals surface area contributed by atoms with Gasteiger partial charge in [0.2, 0.25) is 0 Å². The highest BCUT2D eigenvalue weighted by atomic mass is 32.2. The summed E-state index contributed by atoms with van der Waals surface area (Å²) in [5, 5.41) is 9.09. The van der Waals surface area contributed by atoms with Gasteiger partial charge in [-0.3, -0.25) is 9.97 Å². The lowest BCUT2D eigenvalue weighted by Crippen LogP contribution is -2.39. The molecule has 1 aromatic carbocycles. The van der Waals surface area contributed by atoms with E-state index in [-0.39, 0.29) is 11.6 Å². The number of carboxylic acid groups (broad SMARTS) is 1. The van der Waals surface area contributed by atoms with E-state index in [9.17, 15) is 13.2 Å². The fourth-order valence-corrected chi connectivity index (χ4v) is 4.31. The van der Waals surface area contributed by atoms with Crippen molar-refractivity contribution in [1.82, 2.24) is 18.6 Å². The predicted molar refractivity (Wildman–Crippen MR) is 95.7 cm³/mol. The first kappa shape index (κ1) is 18.4. The number of aromatic carboxylic acids is 1. The van der Waals surface area contributed by atoms with Crippen molar-refractivity contribution in [1.29, 1.82) is 0 Å². The van der Waals surface area contributed by atoms with Crippen LogP contribution in [-0.4, -0.2) is 58.7 Å². The largest absolute Gasteiger partial charge is 0.478 e. The normalized spacial score (nSPS) is 18.3. The molecule has 26 heavy (non-hydrogen) atoms. The van der Waals surface area contributed by atoms with Crippen LogP contribution in [0.5, 0.6) is 0 Å². The predicted octanol–water partition coefficient (Wildman–Crippen LogP) is 1.79. The number of carbonyl (C=O) groups is 1. The standard InChI is InChI=1S/C17H20N4O4S/c1-20(2)26(24,25)21-8-4-7-16(21)15-11-18-14(10-19-15)12-5-3-6-13(9-12)17(22)23/h3,5-6,9-11,16H,4,7-8H2,1-2H3,(H,22,23)/t16-/m1/s1. The molecule has 2 heterocycles. The molecule has 0 radical (unpaired) electrons. The summed E-state index contributed by atoms with van der Waals surface area (Å²) in [4.78, 5) is 19.9. The van der Waals surface area contributed by atoms with Gasteiger partial charge in [-0.25, -0.2) is 4.79 Å². The number of carboxylic acids is 1. The molecule has 2 aromatic rings. The average Bonchev–Trinajstić information content (AvgIpc) is 3.12. The molecule has 1 saturated heterocycles. The van der Waals surface area contributed by atoms with E-state index in [1.165, 1.54) is 34.8 Å². The van der Waals surface area contributed by atoms with Gasteiger partial charge in [0.1, 0.15) is 0 Å². The molecule has 1 aliphatic rings. The van der Waals surface area contributed by atoms with Gasteiger partial charge in [0.15, 0.2) is 0 Å². The third-order valence-electron chi connectivity index (χ3n) is 4.38. The van der Waals surface area contributed by atoms with Crippen LogP contribution in [0.15, 0.2) is 36.7 Å². The first-order chi connectivity index (χ1) is 12.3. The zero-order chi connectivity index (χ0) is 18.9. The van der Waals surface area contributed by atoms with Crippen LogP contribution in [-0.2, 0) is 10.2 Å². The van der Waals surface area contributed by atoms with Crippen molar-refractivity contribution in [3.05, 3.63) is 47.9 Å². The third kappa shape index (κ3) is 3.46.